The highest BCUT2D eigenvalue weighted by Gasteiger charge is 2.37. The van der Waals surface area contributed by atoms with Gasteiger partial charge >= 0.3 is 6.09 Å². The molecule has 1 atom stereocenters. The van der Waals surface area contributed by atoms with Crippen LogP contribution in [-0.2, 0) is 19.2 Å². The number of hydrogen-bond donors (Lipinski definition) is 1. The summed E-state index contributed by atoms with van der Waals surface area (Å²) in [6, 6.07) is 4.50. The van der Waals surface area contributed by atoms with E-state index in [1.807, 2.05) is 26.8 Å². The van der Waals surface area contributed by atoms with Gasteiger partial charge in [0.15, 0.2) is 8.32 Å². The third-order valence-electron chi connectivity index (χ3n) is 6.33. The summed E-state index contributed by atoms with van der Waals surface area (Å²) in [4.78, 5) is 18.8. The highest BCUT2D eigenvalue weighted by molar-refractivity contribution is 9.10. The average Bonchev–Trinajstić information content (AvgIpc) is 2.73. The van der Waals surface area contributed by atoms with E-state index >= 15 is 0 Å². The summed E-state index contributed by atoms with van der Waals surface area (Å²) in [5, 5.41) is 1.36. The molecule has 0 radical (unpaired) electrons. The van der Waals surface area contributed by atoms with Gasteiger partial charge in [-0.1, -0.05) is 32.9 Å². The van der Waals surface area contributed by atoms with E-state index in [0.29, 0.717) is 34.8 Å². The van der Waals surface area contributed by atoms with Crippen LogP contribution in [0.5, 0.6) is 0 Å². The zero-order valence-corrected chi connectivity index (χ0v) is 26.9. The minimum Gasteiger partial charge on any atom is -0.444 e. The zero-order chi connectivity index (χ0) is 28.2. The smallest absolute Gasteiger partial charge is 0.410 e. The van der Waals surface area contributed by atoms with Crippen LogP contribution in [0.1, 0.15) is 54.9 Å². The van der Waals surface area contributed by atoms with Crippen LogP contribution in [0.3, 0.4) is 0 Å². The van der Waals surface area contributed by atoms with Crippen molar-refractivity contribution >= 4 is 51.1 Å². The van der Waals surface area contributed by atoms with E-state index in [9.17, 15) is 13.2 Å². The van der Waals surface area contributed by atoms with Gasteiger partial charge in [0.05, 0.1) is 4.90 Å². The van der Waals surface area contributed by atoms with Gasteiger partial charge in [0.25, 0.3) is 0 Å². The molecule has 0 aliphatic heterocycles. The van der Waals surface area contributed by atoms with Crippen molar-refractivity contribution in [1.82, 2.24) is 14.6 Å². The molecule has 37 heavy (non-hydrogen) atoms. The molecule has 208 valence electrons. The lowest BCUT2D eigenvalue weighted by molar-refractivity contribution is 0.0230. The minimum atomic E-state index is -3.88. The molecule has 0 spiro atoms. The number of sulfonamides is 1. The first-order valence-electron chi connectivity index (χ1n) is 12.5. The van der Waals surface area contributed by atoms with Crippen molar-refractivity contribution in [2.45, 2.75) is 89.6 Å². The SMILES string of the molecule is C[C@@H](CN(CCCO[Si](C)(C)C(C)(C)C)C(=O)OC(C)(C)C)NS(=O)(=O)c1cccc2cncc(Br)c12. The lowest BCUT2D eigenvalue weighted by Crippen LogP contribution is -2.46. The summed E-state index contributed by atoms with van der Waals surface area (Å²) < 4.78 is 41.9. The summed E-state index contributed by atoms with van der Waals surface area (Å²) >= 11 is 3.42. The fourth-order valence-electron chi connectivity index (χ4n) is 3.46. The van der Waals surface area contributed by atoms with Gasteiger partial charge in [-0.15, -0.1) is 0 Å². The third-order valence-corrected chi connectivity index (χ3v) is 13.1. The molecule has 0 fully saturated rings. The molecule has 2 aromatic rings. The van der Waals surface area contributed by atoms with Crippen LogP contribution in [0.4, 0.5) is 4.79 Å². The lowest BCUT2D eigenvalue weighted by atomic mass is 10.2. The molecule has 11 heteroatoms. The second-order valence-electron chi connectivity index (χ2n) is 11.9. The summed E-state index contributed by atoms with van der Waals surface area (Å²) in [5.41, 5.74) is -0.668. The lowest BCUT2D eigenvalue weighted by Gasteiger charge is -2.36. The standard InChI is InChI=1S/C26H42BrN3O5SSi/c1-19(29-36(32,33)22-13-10-12-20-16-28-17-21(27)23(20)22)18-30(24(31)35-25(2,3)4)14-11-15-34-37(8,9)26(5,6)7/h10,12-13,16-17,19,29H,11,14-15,18H2,1-9H3/t19-/m0/s1. The van der Waals surface area contributed by atoms with Crippen molar-refractivity contribution in [2.75, 3.05) is 19.7 Å². The first kappa shape index (κ1) is 31.7. The molecule has 0 aliphatic rings. The molecular formula is C26H42BrN3O5SSi. The molecule has 0 unspecified atom stereocenters. The van der Waals surface area contributed by atoms with Gasteiger partial charge in [0.2, 0.25) is 10.0 Å². The van der Waals surface area contributed by atoms with E-state index in [-0.39, 0.29) is 16.5 Å². The number of hydrogen-bond acceptors (Lipinski definition) is 6. The molecule has 2 rings (SSSR count). The molecule has 0 saturated carbocycles. The Labute approximate surface area is 231 Å². The molecule has 0 saturated heterocycles. The molecule has 0 bridgehead atoms. The van der Waals surface area contributed by atoms with Crippen molar-refractivity contribution in [3.8, 4) is 0 Å². The number of carbonyl (C=O) groups is 1. The molecule has 0 aliphatic carbocycles. The Morgan fingerprint density at radius 2 is 1.81 bits per heavy atom. The number of pyridine rings is 1. The molecule has 1 aromatic carbocycles. The maximum atomic E-state index is 13.4. The molecule has 8 nitrogen and oxygen atoms in total. The van der Waals surface area contributed by atoms with Crippen molar-refractivity contribution in [1.29, 1.82) is 0 Å². The van der Waals surface area contributed by atoms with E-state index in [2.05, 4.69) is 59.5 Å². The van der Waals surface area contributed by atoms with Gasteiger partial charge in [-0.25, -0.2) is 17.9 Å². The van der Waals surface area contributed by atoms with Gasteiger partial charge < -0.3 is 14.1 Å². The Hall–Kier alpha value is -1.53. The average molecular weight is 617 g/mol. The normalized spacial score (nSPS) is 14.0. The largest absolute Gasteiger partial charge is 0.444 e. The number of aromatic nitrogens is 1. The van der Waals surface area contributed by atoms with Crippen LogP contribution >= 0.6 is 15.9 Å². The second kappa shape index (κ2) is 12.1. The number of nitrogens with one attached hydrogen (secondary N) is 1. The van der Waals surface area contributed by atoms with E-state index in [1.54, 1.807) is 36.4 Å². The molecular weight excluding hydrogens is 574 g/mol. The van der Waals surface area contributed by atoms with Crippen LogP contribution in [0.25, 0.3) is 10.8 Å². The maximum absolute atomic E-state index is 13.4. The summed E-state index contributed by atoms with van der Waals surface area (Å²) in [5.74, 6) is 0. The van der Waals surface area contributed by atoms with Crippen molar-refractivity contribution in [3.63, 3.8) is 0 Å². The fourth-order valence-corrected chi connectivity index (χ4v) is 6.73. The van der Waals surface area contributed by atoms with E-state index in [1.165, 1.54) is 0 Å². The first-order valence-corrected chi connectivity index (χ1v) is 17.7. The number of fused-ring (bicyclic) bond motifs is 1. The van der Waals surface area contributed by atoms with Gasteiger partial charge in [0.1, 0.15) is 5.60 Å². The van der Waals surface area contributed by atoms with E-state index < -0.39 is 36.1 Å². The van der Waals surface area contributed by atoms with Crippen LogP contribution < -0.4 is 4.72 Å². The Balaban J connectivity index is 2.16. The number of nitrogens with zero attached hydrogens (tertiary/aromatic N) is 2. The Kier molecular flexibility index (Phi) is 10.4. The van der Waals surface area contributed by atoms with E-state index in [4.69, 9.17) is 9.16 Å². The molecule has 1 heterocycles. The third kappa shape index (κ3) is 9.02. The zero-order valence-electron chi connectivity index (χ0n) is 23.5. The molecule has 1 N–H and O–H groups in total. The molecule has 1 aromatic heterocycles. The maximum Gasteiger partial charge on any atom is 0.410 e. The van der Waals surface area contributed by atoms with Gasteiger partial charge in [0, 0.05) is 53.4 Å². The van der Waals surface area contributed by atoms with Crippen LogP contribution in [-0.4, -0.2) is 64.1 Å². The van der Waals surface area contributed by atoms with E-state index in [0.717, 1.165) is 0 Å². The van der Waals surface area contributed by atoms with Crippen molar-refractivity contribution in [2.24, 2.45) is 0 Å². The number of rotatable bonds is 10. The summed E-state index contributed by atoms with van der Waals surface area (Å²) in [6.45, 7) is 19.2. The Bertz CT molecular complexity index is 1190. The number of amides is 1. The predicted octanol–water partition coefficient (Wildman–Crippen LogP) is 6.31. The topological polar surface area (TPSA) is 97.8 Å². The summed E-state index contributed by atoms with van der Waals surface area (Å²) in [6.07, 6.45) is 3.33. The predicted molar refractivity (Wildman–Crippen MR) is 155 cm³/mol. The highest BCUT2D eigenvalue weighted by Crippen LogP contribution is 2.36. The Morgan fingerprint density at radius 3 is 2.41 bits per heavy atom. The second-order valence-corrected chi connectivity index (χ2v) is 19.2. The van der Waals surface area contributed by atoms with Crippen LogP contribution in [0, 0.1) is 0 Å². The number of halogens is 1. The number of benzene rings is 1. The monoisotopic (exact) mass is 615 g/mol. The highest BCUT2D eigenvalue weighted by atomic mass is 79.9. The van der Waals surface area contributed by atoms with Gasteiger partial charge in [-0.05, 0) is 74.2 Å². The van der Waals surface area contributed by atoms with Crippen LogP contribution in [0.2, 0.25) is 18.1 Å². The summed E-state index contributed by atoms with van der Waals surface area (Å²) in [7, 11) is -5.79. The Morgan fingerprint density at radius 1 is 1.16 bits per heavy atom. The first-order chi connectivity index (χ1) is 16.8. The van der Waals surface area contributed by atoms with Crippen LogP contribution in [0.15, 0.2) is 40.0 Å². The number of ether oxygens (including phenoxy) is 1. The fraction of sp³-hybridized carbons (Fsp3) is 0.615. The molecule has 1 amide bonds. The van der Waals surface area contributed by atoms with Gasteiger partial charge in [-0.3, -0.25) is 4.98 Å². The minimum absolute atomic E-state index is 0.0946. The van der Waals surface area contributed by atoms with Crippen molar-refractivity contribution in [3.05, 3.63) is 35.1 Å². The van der Waals surface area contributed by atoms with Crippen molar-refractivity contribution < 1.29 is 22.4 Å². The van der Waals surface area contributed by atoms with Gasteiger partial charge in [-0.2, -0.15) is 0 Å². The number of carbonyl (C=O) groups excluding carboxylic acids is 1. The quantitative estimate of drug-likeness (QED) is 0.248.